The van der Waals surface area contributed by atoms with Gasteiger partial charge in [-0.3, -0.25) is 9.59 Å². The lowest BCUT2D eigenvalue weighted by Crippen LogP contribution is -2.35. The van der Waals surface area contributed by atoms with Crippen LogP contribution >= 0.6 is 11.6 Å². The number of carbonyl (C=O) groups excluding carboxylic acids is 2. The molecule has 5 heteroatoms. The minimum atomic E-state index is -0.00723. The highest BCUT2D eigenvalue weighted by Gasteiger charge is 2.12. The average molecular weight is 377 g/mol. The summed E-state index contributed by atoms with van der Waals surface area (Å²) in [6.07, 6.45) is 9.21. The molecular weight excluding hydrogens is 348 g/mol. The monoisotopic (exact) mass is 376 g/mol. The number of nitrogens with one attached hydrogen (secondary N) is 1. The van der Waals surface area contributed by atoms with Gasteiger partial charge in [0.15, 0.2) is 0 Å². The van der Waals surface area contributed by atoms with E-state index in [1.807, 2.05) is 24.3 Å². The quantitative estimate of drug-likeness (QED) is 0.659. The van der Waals surface area contributed by atoms with Gasteiger partial charge in [-0.05, 0) is 56.2 Å². The third-order valence-corrected chi connectivity index (χ3v) is 5.00. The van der Waals surface area contributed by atoms with Gasteiger partial charge in [-0.1, -0.05) is 35.4 Å². The van der Waals surface area contributed by atoms with Crippen LogP contribution in [-0.2, 0) is 16.0 Å². The molecule has 0 aliphatic heterocycles. The molecule has 1 N–H and O–H groups in total. The van der Waals surface area contributed by atoms with Gasteiger partial charge in [0.05, 0.1) is 0 Å². The highest BCUT2D eigenvalue weighted by Crippen LogP contribution is 2.19. The van der Waals surface area contributed by atoms with Crippen molar-refractivity contribution in [2.45, 2.75) is 51.9 Å². The molecule has 0 radical (unpaired) electrons. The molecule has 0 saturated heterocycles. The Morgan fingerprint density at radius 2 is 2.04 bits per heavy atom. The van der Waals surface area contributed by atoms with E-state index in [2.05, 4.69) is 11.4 Å². The average Bonchev–Trinajstić information content (AvgIpc) is 2.62. The molecule has 0 unspecified atom stereocenters. The van der Waals surface area contributed by atoms with Crippen LogP contribution < -0.4 is 5.32 Å². The molecule has 0 atom stereocenters. The van der Waals surface area contributed by atoms with Crippen molar-refractivity contribution >= 4 is 23.4 Å². The number of allylic oxidation sites excluding steroid dienone is 1. The van der Waals surface area contributed by atoms with Crippen molar-refractivity contribution in [2.24, 2.45) is 0 Å². The number of carbonyl (C=O) groups is 2. The van der Waals surface area contributed by atoms with Crippen LogP contribution in [0.4, 0.5) is 0 Å². The van der Waals surface area contributed by atoms with Crippen LogP contribution in [0, 0.1) is 0 Å². The Balaban J connectivity index is 1.68. The summed E-state index contributed by atoms with van der Waals surface area (Å²) in [5.41, 5.74) is 2.55. The van der Waals surface area contributed by atoms with Crippen molar-refractivity contribution in [3.05, 3.63) is 46.5 Å². The predicted molar refractivity (Wildman–Crippen MR) is 106 cm³/mol. The minimum absolute atomic E-state index is 0.00723. The number of hydrogen-bond acceptors (Lipinski definition) is 2. The normalized spacial score (nSPS) is 13.8. The van der Waals surface area contributed by atoms with Crippen molar-refractivity contribution < 1.29 is 9.59 Å². The second-order valence-corrected chi connectivity index (χ2v) is 7.28. The Morgan fingerprint density at radius 1 is 1.19 bits per heavy atom. The highest BCUT2D eigenvalue weighted by molar-refractivity contribution is 6.30. The zero-order valence-electron chi connectivity index (χ0n) is 15.6. The van der Waals surface area contributed by atoms with Crippen LogP contribution in [0.2, 0.25) is 5.02 Å². The standard InChI is InChI=1S/C21H29ClN2O2/c1-17(25)24(14-11-19-8-5-9-20(22)16-19)15-12-21(26)23-13-10-18-6-3-2-4-7-18/h5-6,8-9,16H,2-4,7,10-15H2,1H3,(H,23,26). The van der Waals surface area contributed by atoms with E-state index < -0.39 is 0 Å². The van der Waals surface area contributed by atoms with E-state index in [-0.39, 0.29) is 11.8 Å². The lowest BCUT2D eigenvalue weighted by atomic mass is 9.97. The molecule has 0 saturated carbocycles. The Morgan fingerprint density at radius 3 is 2.73 bits per heavy atom. The van der Waals surface area contributed by atoms with E-state index >= 15 is 0 Å². The van der Waals surface area contributed by atoms with E-state index in [0.717, 1.165) is 24.8 Å². The van der Waals surface area contributed by atoms with Crippen LogP contribution in [-0.4, -0.2) is 36.3 Å². The SMILES string of the molecule is CC(=O)N(CCC(=O)NCCC1=CCCCC1)CCc1cccc(Cl)c1. The molecule has 2 amide bonds. The molecule has 26 heavy (non-hydrogen) atoms. The Hall–Kier alpha value is -1.81. The number of nitrogens with zero attached hydrogens (tertiary/aromatic N) is 1. The molecule has 1 aliphatic carbocycles. The van der Waals surface area contributed by atoms with E-state index in [9.17, 15) is 9.59 Å². The van der Waals surface area contributed by atoms with Crippen LogP contribution in [0.25, 0.3) is 0 Å². The predicted octanol–water partition coefficient (Wildman–Crippen LogP) is 4.13. The number of halogens is 1. The first-order valence-corrected chi connectivity index (χ1v) is 9.87. The molecule has 0 bridgehead atoms. The first-order chi connectivity index (χ1) is 12.5. The zero-order valence-corrected chi connectivity index (χ0v) is 16.4. The van der Waals surface area contributed by atoms with Gasteiger partial charge in [0, 0.05) is 38.0 Å². The summed E-state index contributed by atoms with van der Waals surface area (Å²) in [5.74, 6) is 0.00241. The van der Waals surface area contributed by atoms with E-state index in [1.54, 1.807) is 11.8 Å². The summed E-state index contributed by atoms with van der Waals surface area (Å²) >= 11 is 5.99. The molecule has 1 aromatic carbocycles. The summed E-state index contributed by atoms with van der Waals surface area (Å²) in [5, 5.41) is 3.67. The van der Waals surface area contributed by atoms with Crippen LogP contribution in [0.5, 0.6) is 0 Å². The lowest BCUT2D eigenvalue weighted by Gasteiger charge is -2.21. The molecule has 142 valence electrons. The highest BCUT2D eigenvalue weighted by atomic mass is 35.5. The van der Waals surface area contributed by atoms with Gasteiger partial charge < -0.3 is 10.2 Å². The van der Waals surface area contributed by atoms with Crippen molar-refractivity contribution in [3.63, 3.8) is 0 Å². The molecule has 0 heterocycles. The maximum Gasteiger partial charge on any atom is 0.221 e. The minimum Gasteiger partial charge on any atom is -0.356 e. The van der Waals surface area contributed by atoms with Crippen molar-refractivity contribution in [2.75, 3.05) is 19.6 Å². The number of benzene rings is 1. The van der Waals surface area contributed by atoms with Crippen LogP contribution in [0.15, 0.2) is 35.9 Å². The summed E-state index contributed by atoms with van der Waals surface area (Å²) in [6.45, 7) is 3.28. The van der Waals surface area contributed by atoms with Crippen molar-refractivity contribution in [3.8, 4) is 0 Å². The van der Waals surface area contributed by atoms with E-state index in [0.29, 0.717) is 31.1 Å². The fraction of sp³-hybridized carbons (Fsp3) is 0.524. The molecule has 1 aromatic rings. The molecule has 0 aromatic heterocycles. The maximum atomic E-state index is 12.0. The molecule has 4 nitrogen and oxygen atoms in total. The summed E-state index contributed by atoms with van der Waals surface area (Å²) < 4.78 is 0. The smallest absolute Gasteiger partial charge is 0.221 e. The van der Waals surface area contributed by atoms with Gasteiger partial charge in [0.2, 0.25) is 11.8 Å². The maximum absolute atomic E-state index is 12.0. The fourth-order valence-corrected chi connectivity index (χ4v) is 3.42. The van der Waals surface area contributed by atoms with Gasteiger partial charge in [0.25, 0.3) is 0 Å². The first-order valence-electron chi connectivity index (χ1n) is 9.49. The topological polar surface area (TPSA) is 49.4 Å². The van der Waals surface area contributed by atoms with Gasteiger partial charge in [-0.25, -0.2) is 0 Å². The summed E-state index contributed by atoms with van der Waals surface area (Å²) in [4.78, 5) is 25.6. The van der Waals surface area contributed by atoms with Gasteiger partial charge in [-0.2, -0.15) is 0 Å². The summed E-state index contributed by atoms with van der Waals surface area (Å²) in [7, 11) is 0. The molecule has 2 rings (SSSR count). The van der Waals surface area contributed by atoms with Gasteiger partial charge >= 0.3 is 0 Å². The third-order valence-electron chi connectivity index (χ3n) is 4.77. The molecule has 0 fully saturated rings. The second kappa shape index (κ2) is 11.0. The van der Waals surface area contributed by atoms with E-state index in [4.69, 9.17) is 11.6 Å². The molecule has 1 aliphatic rings. The molecule has 0 spiro atoms. The summed E-state index contributed by atoms with van der Waals surface area (Å²) in [6, 6.07) is 7.65. The van der Waals surface area contributed by atoms with E-state index in [1.165, 1.54) is 24.8 Å². The van der Waals surface area contributed by atoms with Crippen molar-refractivity contribution in [1.29, 1.82) is 0 Å². The zero-order chi connectivity index (χ0) is 18.8. The van der Waals surface area contributed by atoms with Crippen LogP contribution in [0.1, 0.15) is 51.0 Å². The van der Waals surface area contributed by atoms with Crippen LogP contribution in [0.3, 0.4) is 0 Å². The Kier molecular flexibility index (Phi) is 8.69. The van der Waals surface area contributed by atoms with Crippen molar-refractivity contribution in [1.82, 2.24) is 10.2 Å². The Bertz CT molecular complexity index is 643. The van der Waals surface area contributed by atoms with Gasteiger partial charge in [-0.15, -0.1) is 0 Å². The number of amides is 2. The third kappa shape index (κ3) is 7.61. The fourth-order valence-electron chi connectivity index (χ4n) is 3.20. The number of rotatable bonds is 9. The largest absolute Gasteiger partial charge is 0.356 e. The lowest BCUT2D eigenvalue weighted by molar-refractivity contribution is -0.129. The second-order valence-electron chi connectivity index (χ2n) is 6.84. The first kappa shape index (κ1) is 20.5. The Labute approximate surface area is 161 Å². The number of hydrogen-bond donors (Lipinski definition) is 1. The van der Waals surface area contributed by atoms with Gasteiger partial charge in [0.1, 0.15) is 0 Å². The molecular formula is C21H29ClN2O2.